The first kappa shape index (κ1) is 47.1. The van der Waals surface area contributed by atoms with Gasteiger partial charge in [-0.3, -0.25) is 34.1 Å². The van der Waals surface area contributed by atoms with Crippen molar-refractivity contribution in [2.24, 2.45) is 24.6 Å². The summed E-state index contributed by atoms with van der Waals surface area (Å²) in [6, 6.07) is 19.0. The largest absolute Gasteiger partial charge is 0.494 e. The molecule has 5 heterocycles. The Morgan fingerprint density at radius 1 is 0.914 bits per heavy atom. The van der Waals surface area contributed by atoms with Gasteiger partial charge in [0.1, 0.15) is 11.6 Å². The predicted octanol–water partition coefficient (Wildman–Crippen LogP) is 7.13. The minimum Gasteiger partial charge on any atom is -0.494 e. The average Bonchev–Trinajstić information content (AvgIpc) is 3.82. The van der Waals surface area contributed by atoms with Crippen LogP contribution in [0.1, 0.15) is 90.8 Å². The van der Waals surface area contributed by atoms with Crippen molar-refractivity contribution in [3.8, 4) is 22.6 Å². The number of aryl methyl sites for hydroxylation is 1. The second-order valence-corrected chi connectivity index (χ2v) is 19.7. The number of amides is 6. The zero-order valence-electron chi connectivity index (χ0n) is 39.2. The molecule has 18 heteroatoms. The molecule has 5 aromatic rings. The molecule has 3 saturated heterocycles. The van der Waals surface area contributed by atoms with Gasteiger partial charge in [0.15, 0.2) is 23.0 Å². The first-order valence-corrected chi connectivity index (χ1v) is 24.4. The topological polar surface area (TPSA) is 181 Å². The fourth-order valence-corrected chi connectivity index (χ4v) is 11.7. The molecule has 0 spiro atoms. The lowest BCUT2D eigenvalue weighted by Gasteiger charge is -2.43. The number of imide groups is 1. The molecule has 0 bridgehead atoms. The van der Waals surface area contributed by atoms with Crippen molar-refractivity contribution in [1.29, 1.82) is 0 Å². The quantitative estimate of drug-likeness (QED) is 0.124. The number of urea groups is 1. The van der Waals surface area contributed by atoms with E-state index in [1.54, 1.807) is 4.68 Å². The second kappa shape index (κ2) is 18.6. The SMILES string of the molecule is COc1ccc(C(N)=O)c(-c2c(Cl)c(F)cc3c2C(C)C(CNC2CCC(C(=O)N4CCC(C(=O)N5CC(c6ccc7c(N8CCC(=O)NC8=O)nn(C)c7c6)C5)CC4)CC2)(c2ccccc2)O3)c1F. The van der Waals surface area contributed by atoms with Crippen LogP contribution in [-0.4, -0.2) is 102 Å². The van der Waals surface area contributed by atoms with Gasteiger partial charge in [0, 0.05) is 111 Å². The van der Waals surface area contributed by atoms with E-state index in [1.165, 1.54) is 30.2 Å². The second-order valence-electron chi connectivity index (χ2n) is 19.4. The summed E-state index contributed by atoms with van der Waals surface area (Å²) in [7, 11) is 3.12. The molecule has 2 unspecified atom stereocenters. The molecule has 10 rings (SSSR count). The van der Waals surface area contributed by atoms with Gasteiger partial charge in [-0.1, -0.05) is 54.9 Å². The summed E-state index contributed by atoms with van der Waals surface area (Å²) in [6.07, 6.45) is 4.31. The van der Waals surface area contributed by atoms with E-state index < -0.39 is 35.1 Å². The number of halogens is 3. The van der Waals surface area contributed by atoms with E-state index in [-0.39, 0.29) is 87.7 Å². The highest BCUT2D eigenvalue weighted by Gasteiger charge is 2.50. The molecular formula is C52H55ClF2N8O7. The average molecular weight is 978 g/mol. The van der Waals surface area contributed by atoms with Crippen molar-refractivity contribution in [3.05, 3.63) is 106 Å². The van der Waals surface area contributed by atoms with Crippen molar-refractivity contribution >= 4 is 58.0 Å². The summed E-state index contributed by atoms with van der Waals surface area (Å²) < 4.78 is 45.8. The fourth-order valence-electron chi connectivity index (χ4n) is 11.4. The number of piperidine rings is 1. The van der Waals surface area contributed by atoms with E-state index in [2.05, 4.69) is 21.8 Å². The molecule has 4 aromatic carbocycles. The number of ether oxygens (including phenoxy) is 2. The number of nitrogens with one attached hydrogen (secondary N) is 2. The van der Waals surface area contributed by atoms with Crippen molar-refractivity contribution in [1.82, 2.24) is 30.2 Å². The Hall–Kier alpha value is -6.59. The fraction of sp³-hybridized carbons (Fsp3) is 0.423. The van der Waals surface area contributed by atoms with Crippen molar-refractivity contribution in [2.45, 2.75) is 75.3 Å². The van der Waals surface area contributed by atoms with Gasteiger partial charge >= 0.3 is 6.03 Å². The lowest BCUT2D eigenvalue weighted by molar-refractivity contribution is -0.145. The number of hydrogen-bond acceptors (Lipinski definition) is 9. The number of benzene rings is 4. The number of nitrogens with two attached hydrogens (primary N) is 1. The van der Waals surface area contributed by atoms with Gasteiger partial charge in [0.05, 0.1) is 23.2 Å². The number of carbonyl (C=O) groups is 5. The summed E-state index contributed by atoms with van der Waals surface area (Å²) in [5.41, 5.74) is 7.38. The number of hydrogen-bond donors (Lipinski definition) is 3. The summed E-state index contributed by atoms with van der Waals surface area (Å²) in [5.74, 6) is -2.80. The Kier molecular flexibility index (Phi) is 12.5. The molecule has 70 heavy (non-hydrogen) atoms. The maximum absolute atomic E-state index is 16.2. The lowest BCUT2D eigenvalue weighted by Crippen LogP contribution is -2.53. The molecule has 366 valence electrons. The maximum atomic E-state index is 16.2. The minimum absolute atomic E-state index is 0.0200. The van der Waals surface area contributed by atoms with Gasteiger partial charge in [-0.05, 0) is 73.9 Å². The van der Waals surface area contributed by atoms with Crippen LogP contribution in [0.3, 0.4) is 0 Å². The third-order valence-corrected chi connectivity index (χ3v) is 15.8. The van der Waals surface area contributed by atoms with Crippen LogP contribution in [0, 0.1) is 23.5 Å². The monoisotopic (exact) mass is 976 g/mol. The molecule has 1 aromatic heterocycles. The van der Waals surface area contributed by atoms with Crippen molar-refractivity contribution < 1.29 is 42.2 Å². The Bertz CT molecular complexity index is 2930. The smallest absolute Gasteiger partial charge is 0.329 e. The molecule has 6 amide bonds. The number of methoxy groups -OCH3 is 1. The minimum atomic E-state index is -1.10. The number of anilines is 1. The molecule has 4 N–H and O–H groups in total. The zero-order valence-corrected chi connectivity index (χ0v) is 40.0. The Morgan fingerprint density at radius 3 is 2.30 bits per heavy atom. The van der Waals surface area contributed by atoms with Crippen LogP contribution in [0.15, 0.2) is 66.7 Å². The highest BCUT2D eigenvalue weighted by Crippen LogP contribution is 2.56. The standard InChI is InChI=1S/C52H55ClF2N8O7/c1-28-42-40(24-37(54)45(53)44(42)43-36(47(56)65)15-16-39(69-3)46(43)55)70-52(28,33-7-5-4-6-8-33)27-57-34-12-9-29(10-13-34)49(66)61-20-17-30(18-21-61)50(67)62-25-32(26-62)31-11-14-35-38(23-31)60(2)59-48(35)63-22-19-41(64)58-51(63)68/h4-8,11,14-16,23-24,28-30,32,34,57H,9-10,12-13,17-22,25-27H2,1-3H3,(H2,56,65)(H,58,64,68). The van der Waals surface area contributed by atoms with Gasteiger partial charge in [0.2, 0.25) is 23.6 Å². The van der Waals surface area contributed by atoms with Gasteiger partial charge < -0.3 is 30.3 Å². The number of likely N-dealkylation sites (tertiary alicyclic amines) is 2. The molecule has 4 fully saturated rings. The number of fused-ring (bicyclic) bond motifs is 2. The third-order valence-electron chi connectivity index (χ3n) is 15.5. The molecule has 1 saturated carbocycles. The van der Waals surface area contributed by atoms with Crippen LogP contribution in [0.25, 0.3) is 22.0 Å². The number of carbonyl (C=O) groups excluding carboxylic acids is 5. The first-order valence-electron chi connectivity index (χ1n) is 24.0. The van der Waals surface area contributed by atoms with E-state index in [0.29, 0.717) is 69.8 Å². The number of nitrogens with zero attached hydrogens (tertiary/aromatic N) is 5. The van der Waals surface area contributed by atoms with E-state index in [4.69, 9.17) is 26.8 Å². The Labute approximate surface area is 408 Å². The van der Waals surface area contributed by atoms with Gasteiger partial charge in [0.25, 0.3) is 0 Å². The predicted molar refractivity (Wildman–Crippen MR) is 258 cm³/mol. The summed E-state index contributed by atoms with van der Waals surface area (Å²) in [6.45, 7) is 4.78. The Balaban J connectivity index is 0.744. The number of rotatable bonds is 11. The zero-order chi connectivity index (χ0) is 49.2. The molecule has 15 nitrogen and oxygen atoms in total. The van der Waals surface area contributed by atoms with E-state index >= 15 is 8.78 Å². The van der Waals surface area contributed by atoms with Crippen LogP contribution in [0.2, 0.25) is 5.02 Å². The van der Waals surface area contributed by atoms with E-state index in [9.17, 15) is 24.0 Å². The molecule has 4 aliphatic heterocycles. The van der Waals surface area contributed by atoms with Gasteiger partial charge in [-0.15, -0.1) is 0 Å². The van der Waals surface area contributed by atoms with Crippen LogP contribution >= 0.6 is 11.6 Å². The van der Waals surface area contributed by atoms with Gasteiger partial charge in [-0.25, -0.2) is 13.6 Å². The highest BCUT2D eigenvalue weighted by molar-refractivity contribution is 6.34. The lowest BCUT2D eigenvalue weighted by atomic mass is 9.77. The maximum Gasteiger partial charge on any atom is 0.329 e. The summed E-state index contributed by atoms with van der Waals surface area (Å²) in [5, 5.41) is 11.1. The number of aromatic nitrogens is 2. The van der Waals surface area contributed by atoms with E-state index in [0.717, 1.165) is 34.9 Å². The molecule has 2 atom stereocenters. The molecule has 5 aliphatic rings. The Morgan fingerprint density at radius 2 is 1.61 bits per heavy atom. The molecular weight excluding hydrogens is 922 g/mol. The van der Waals surface area contributed by atoms with Crippen LogP contribution in [0.5, 0.6) is 11.5 Å². The number of primary amides is 1. The normalized spacial score (nSPS) is 22.9. The van der Waals surface area contributed by atoms with Crippen LogP contribution < -0.4 is 30.7 Å². The first-order chi connectivity index (χ1) is 33.7. The summed E-state index contributed by atoms with van der Waals surface area (Å²) >= 11 is 6.69. The van der Waals surface area contributed by atoms with Crippen LogP contribution in [-0.2, 0) is 27.0 Å². The van der Waals surface area contributed by atoms with Gasteiger partial charge in [-0.2, -0.15) is 5.10 Å². The third kappa shape index (κ3) is 8.19. The van der Waals surface area contributed by atoms with E-state index in [1.807, 2.05) is 66.2 Å². The summed E-state index contributed by atoms with van der Waals surface area (Å²) in [4.78, 5) is 69.8. The molecule has 0 radical (unpaired) electrons. The van der Waals surface area contributed by atoms with Crippen molar-refractivity contribution in [2.75, 3.05) is 51.3 Å². The van der Waals surface area contributed by atoms with Crippen LogP contribution in [0.4, 0.5) is 19.4 Å². The highest BCUT2D eigenvalue weighted by atomic mass is 35.5. The molecule has 1 aliphatic carbocycles. The van der Waals surface area contributed by atoms with Crippen molar-refractivity contribution in [3.63, 3.8) is 0 Å².